The van der Waals surface area contributed by atoms with Crippen LogP contribution in [0.5, 0.6) is 11.5 Å². The zero-order chi connectivity index (χ0) is 17.3. The van der Waals surface area contributed by atoms with Gasteiger partial charge in [-0.05, 0) is 58.4 Å². The van der Waals surface area contributed by atoms with E-state index in [-0.39, 0.29) is 11.7 Å². The third-order valence-corrected chi connectivity index (χ3v) is 4.26. The molecule has 1 heterocycles. The van der Waals surface area contributed by atoms with Gasteiger partial charge in [0.25, 0.3) is 0 Å². The lowest BCUT2D eigenvalue weighted by molar-refractivity contribution is 0.415. The molecule has 0 unspecified atom stereocenters. The molecule has 3 N–H and O–H groups in total. The first-order valence-electron chi connectivity index (χ1n) is 6.95. The molecule has 122 valence electrons. The SMILES string of the molecule is COc1ccc(-c2cc(-c3cc(Cl)cc(Br)c3O)nc(N)n2)cc1. The summed E-state index contributed by atoms with van der Waals surface area (Å²) in [7, 11) is 1.61. The molecule has 0 spiro atoms. The Morgan fingerprint density at radius 3 is 2.42 bits per heavy atom. The fourth-order valence-electron chi connectivity index (χ4n) is 2.27. The monoisotopic (exact) mass is 405 g/mol. The number of hydrogen-bond donors (Lipinski definition) is 2. The van der Waals surface area contributed by atoms with Crippen LogP contribution in [0.3, 0.4) is 0 Å². The molecule has 0 atom stereocenters. The molecular weight excluding hydrogens is 394 g/mol. The van der Waals surface area contributed by atoms with Crippen LogP contribution in [-0.2, 0) is 0 Å². The lowest BCUT2D eigenvalue weighted by atomic mass is 10.1. The molecule has 0 aliphatic carbocycles. The number of nitrogens with zero attached hydrogens (tertiary/aromatic N) is 2. The van der Waals surface area contributed by atoms with Crippen LogP contribution >= 0.6 is 27.5 Å². The van der Waals surface area contributed by atoms with Gasteiger partial charge in [0.2, 0.25) is 5.95 Å². The number of nitrogen functional groups attached to an aromatic ring is 1. The van der Waals surface area contributed by atoms with E-state index in [0.717, 1.165) is 11.3 Å². The Bertz CT molecular complexity index is 901. The van der Waals surface area contributed by atoms with Crippen LogP contribution in [0.25, 0.3) is 22.5 Å². The summed E-state index contributed by atoms with van der Waals surface area (Å²) in [5.41, 5.74) is 8.28. The highest BCUT2D eigenvalue weighted by molar-refractivity contribution is 9.10. The minimum absolute atomic E-state index is 0.0400. The smallest absolute Gasteiger partial charge is 0.221 e. The van der Waals surface area contributed by atoms with Gasteiger partial charge in [0.05, 0.1) is 23.0 Å². The second-order valence-electron chi connectivity index (χ2n) is 5.01. The Labute approximate surface area is 152 Å². The molecule has 0 aliphatic rings. The average molecular weight is 407 g/mol. The molecular formula is C17H13BrClN3O2. The van der Waals surface area contributed by atoms with Gasteiger partial charge in [0, 0.05) is 16.1 Å². The van der Waals surface area contributed by atoms with Gasteiger partial charge in [0.1, 0.15) is 11.5 Å². The molecule has 5 nitrogen and oxygen atoms in total. The Balaban J connectivity index is 2.13. The predicted octanol–water partition coefficient (Wildman–Crippen LogP) is 4.52. The van der Waals surface area contributed by atoms with Crippen LogP contribution in [0.4, 0.5) is 5.95 Å². The van der Waals surface area contributed by atoms with Crippen molar-refractivity contribution < 1.29 is 9.84 Å². The number of methoxy groups -OCH3 is 1. The number of halogens is 2. The molecule has 0 fully saturated rings. The summed E-state index contributed by atoms with van der Waals surface area (Å²) >= 11 is 9.34. The number of aromatic nitrogens is 2. The number of aromatic hydroxyl groups is 1. The van der Waals surface area contributed by atoms with E-state index < -0.39 is 0 Å². The Hall–Kier alpha value is -2.31. The van der Waals surface area contributed by atoms with E-state index >= 15 is 0 Å². The molecule has 3 rings (SSSR count). The third-order valence-electron chi connectivity index (χ3n) is 3.43. The fraction of sp³-hybridized carbons (Fsp3) is 0.0588. The summed E-state index contributed by atoms with van der Waals surface area (Å²) in [6.45, 7) is 0. The third kappa shape index (κ3) is 3.29. The number of phenolic OH excluding ortho intramolecular Hbond substituents is 1. The maximum absolute atomic E-state index is 10.3. The van der Waals surface area contributed by atoms with Crippen LogP contribution in [-0.4, -0.2) is 22.2 Å². The summed E-state index contributed by atoms with van der Waals surface area (Å²) in [6.07, 6.45) is 0. The standard InChI is InChI=1S/C17H13BrClN3O2/c1-24-11-4-2-9(3-5-11)14-8-15(22-17(20)21-14)12-6-10(19)7-13(18)16(12)23/h2-8,23H,1H3,(H2,20,21,22). The van der Waals surface area contributed by atoms with Crippen molar-refractivity contribution in [3.8, 4) is 34.0 Å². The minimum atomic E-state index is 0.0400. The first-order chi connectivity index (χ1) is 11.5. The first kappa shape index (κ1) is 16.5. The number of benzene rings is 2. The zero-order valence-corrected chi connectivity index (χ0v) is 15.0. The van der Waals surface area contributed by atoms with Crippen LogP contribution in [0.1, 0.15) is 0 Å². The lowest BCUT2D eigenvalue weighted by Crippen LogP contribution is -1.99. The lowest BCUT2D eigenvalue weighted by Gasteiger charge is -2.10. The molecule has 24 heavy (non-hydrogen) atoms. The molecule has 0 bridgehead atoms. The van der Waals surface area contributed by atoms with Gasteiger partial charge in [-0.25, -0.2) is 9.97 Å². The molecule has 0 radical (unpaired) electrons. The number of hydrogen-bond acceptors (Lipinski definition) is 5. The summed E-state index contributed by atoms with van der Waals surface area (Å²) < 4.78 is 5.63. The Morgan fingerprint density at radius 2 is 1.75 bits per heavy atom. The predicted molar refractivity (Wildman–Crippen MR) is 98.2 cm³/mol. The van der Waals surface area contributed by atoms with Gasteiger partial charge in [-0.3, -0.25) is 0 Å². The van der Waals surface area contributed by atoms with Crippen LogP contribution in [0.2, 0.25) is 5.02 Å². The molecule has 0 amide bonds. The molecule has 0 saturated heterocycles. The average Bonchev–Trinajstić information content (AvgIpc) is 2.57. The van der Waals surface area contributed by atoms with Gasteiger partial charge in [-0.1, -0.05) is 11.6 Å². The van der Waals surface area contributed by atoms with Crippen molar-refractivity contribution in [1.82, 2.24) is 9.97 Å². The van der Waals surface area contributed by atoms with E-state index in [1.165, 1.54) is 0 Å². The van der Waals surface area contributed by atoms with Crippen molar-refractivity contribution >= 4 is 33.5 Å². The summed E-state index contributed by atoms with van der Waals surface area (Å²) in [4.78, 5) is 8.47. The highest BCUT2D eigenvalue weighted by Gasteiger charge is 2.14. The fourth-order valence-corrected chi connectivity index (χ4v) is 3.08. The van der Waals surface area contributed by atoms with Gasteiger partial charge in [-0.15, -0.1) is 0 Å². The molecule has 0 saturated carbocycles. The second-order valence-corrected chi connectivity index (χ2v) is 6.30. The number of anilines is 1. The van der Waals surface area contributed by atoms with Crippen molar-refractivity contribution in [1.29, 1.82) is 0 Å². The van der Waals surface area contributed by atoms with E-state index in [2.05, 4.69) is 25.9 Å². The summed E-state index contributed by atoms with van der Waals surface area (Å²) in [5, 5.41) is 10.7. The number of nitrogens with two attached hydrogens (primary N) is 1. The Morgan fingerprint density at radius 1 is 1.08 bits per heavy atom. The van der Waals surface area contributed by atoms with Gasteiger partial charge < -0.3 is 15.6 Å². The van der Waals surface area contributed by atoms with E-state index in [9.17, 15) is 5.11 Å². The Kier molecular flexibility index (Phi) is 4.59. The van der Waals surface area contributed by atoms with Crippen molar-refractivity contribution in [2.75, 3.05) is 12.8 Å². The largest absolute Gasteiger partial charge is 0.506 e. The van der Waals surface area contributed by atoms with E-state index in [4.69, 9.17) is 22.1 Å². The van der Waals surface area contributed by atoms with Gasteiger partial charge in [-0.2, -0.15) is 0 Å². The number of phenols is 1. The molecule has 1 aromatic heterocycles. The summed E-state index contributed by atoms with van der Waals surface area (Å²) in [5.74, 6) is 0.893. The topological polar surface area (TPSA) is 81.3 Å². The van der Waals surface area contributed by atoms with E-state index in [1.807, 2.05) is 24.3 Å². The van der Waals surface area contributed by atoms with Crippen LogP contribution in [0, 0.1) is 0 Å². The highest BCUT2D eigenvalue weighted by Crippen LogP contribution is 2.38. The molecule has 0 aliphatic heterocycles. The van der Waals surface area contributed by atoms with Crippen molar-refractivity contribution in [3.05, 3.63) is 52.0 Å². The molecule has 2 aromatic carbocycles. The van der Waals surface area contributed by atoms with Crippen LogP contribution < -0.4 is 10.5 Å². The highest BCUT2D eigenvalue weighted by atomic mass is 79.9. The van der Waals surface area contributed by atoms with E-state index in [0.29, 0.717) is 26.4 Å². The maximum atomic E-state index is 10.3. The van der Waals surface area contributed by atoms with Crippen molar-refractivity contribution in [2.24, 2.45) is 0 Å². The second kappa shape index (κ2) is 6.67. The van der Waals surface area contributed by atoms with Gasteiger partial charge in [0.15, 0.2) is 0 Å². The first-order valence-corrected chi connectivity index (χ1v) is 8.12. The normalized spacial score (nSPS) is 10.6. The molecule has 3 aromatic rings. The quantitative estimate of drug-likeness (QED) is 0.668. The van der Waals surface area contributed by atoms with Crippen molar-refractivity contribution in [2.45, 2.75) is 0 Å². The summed E-state index contributed by atoms with van der Waals surface area (Å²) in [6, 6.07) is 12.4. The van der Waals surface area contributed by atoms with Crippen molar-refractivity contribution in [3.63, 3.8) is 0 Å². The number of ether oxygens (including phenoxy) is 1. The zero-order valence-electron chi connectivity index (χ0n) is 12.6. The maximum Gasteiger partial charge on any atom is 0.221 e. The minimum Gasteiger partial charge on any atom is -0.506 e. The van der Waals surface area contributed by atoms with E-state index in [1.54, 1.807) is 25.3 Å². The van der Waals surface area contributed by atoms with Gasteiger partial charge >= 0.3 is 0 Å². The van der Waals surface area contributed by atoms with Crippen LogP contribution in [0.15, 0.2) is 46.9 Å². The molecule has 7 heteroatoms. The number of rotatable bonds is 3.